The number of amides is 1. The molecule has 0 spiro atoms. The van der Waals surface area contributed by atoms with Crippen molar-refractivity contribution in [3.63, 3.8) is 0 Å². The monoisotopic (exact) mass is 469 g/mol. The van der Waals surface area contributed by atoms with Crippen molar-refractivity contribution < 1.29 is 13.2 Å². The highest BCUT2D eigenvalue weighted by Crippen LogP contribution is 2.27. The van der Waals surface area contributed by atoms with E-state index in [1.54, 1.807) is 18.2 Å². The molecule has 1 saturated heterocycles. The molecule has 3 aromatic rings. The Labute approximate surface area is 195 Å². The number of aromatic nitrogens is 3. The number of sulfonamides is 1. The SMILES string of the molecule is CCC(C)n1nnc2cc(S(=O)(=O)N3CCC(C(=O)NCc4ccc(C)cc4)CC3)ccc21. The zero-order chi connectivity index (χ0) is 23.6. The molecule has 1 unspecified atom stereocenters. The standard InChI is InChI=1S/C24H31N5O3S/c1-4-18(3)29-23-10-9-21(15-22(23)26-27-29)33(31,32)28-13-11-20(12-14-28)24(30)25-16-19-7-5-17(2)6-8-19/h5-10,15,18,20H,4,11-14,16H2,1-3H3,(H,25,30). The second kappa shape index (κ2) is 9.61. The highest BCUT2D eigenvalue weighted by molar-refractivity contribution is 7.89. The van der Waals surface area contributed by atoms with E-state index in [2.05, 4.69) is 29.5 Å². The van der Waals surface area contributed by atoms with Gasteiger partial charge in [0.15, 0.2) is 0 Å². The molecule has 0 bridgehead atoms. The summed E-state index contributed by atoms with van der Waals surface area (Å²) in [4.78, 5) is 12.8. The number of nitrogens with zero attached hydrogens (tertiary/aromatic N) is 4. The molecular weight excluding hydrogens is 438 g/mol. The molecule has 1 aromatic heterocycles. The summed E-state index contributed by atoms with van der Waals surface area (Å²) in [5.74, 6) is -0.199. The molecule has 0 saturated carbocycles. The Morgan fingerprint density at radius 3 is 2.52 bits per heavy atom. The largest absolute Gasteiger partial charge is 0.352 e. The first-order valence-electron chi connectivity index (χ1n) is 11.5. The smallest absolute Gasteiger partial charge is 0.243 e. The second-order valence-corrected chi connectivity index (χ2v) is 10.8. The van der Waals surface area contributed by atoms with E-state index in [9.17, 15) is 13.2 Å². The van der Waals surface area contributed by atoms with Crippen LogP contribution in [0.5, 0.6) is 0 Å². The fourth-order valence-corrected chi connectivity index (χ4v) is 5.62. The average molecular weight is 470 g/mol. The lowest BCUT2D eigenvalue weighted by atomic mass is 9.97. The number of fused-ring (bicyclic) bond motifs is 1. The van der Waals surface area contributed by atoms with E-state index < -0.39 is 10.0 Å². The number of hydrogen-bond acceptors (Lipinski definition) is 5. The summed E-state index contributed by atoms with van der Waals surface area (Å²) in [5.41, 5.74) is 3.63. The fraction of sp³-hybridized carbons (Fsp3) is 0.458. The number of hydrogen-bond donors (Lipinski definition) is 1. The first kappa shape index (κ1) is 23.4. The van der Waals surface area contributed by atoms with Gasteiger partial charge in [-0.2, -0.15) is 4.31 Å². The van der Waals surface area contributed by atoms with Gasteiger partial charge in [-0.25, -0.2) is 13.1 Å². The third-order valence-electron chi connectivity index (χ3n) is 6.50. The fourth-order valence-electron chi connectivity index (χ4n) is 4.13. The summed E-state index contributed by atoms with van der Waals surface area (Å²) in [6.07, 6.45) is 1.92. The summed E-state index contributed by atoms with van der Waals surface area (Å²) in [7, 11) is -3.65. The molecule has 1 aliphatic heterocycles. The molecule has 33 heavy (non-hydrogen) atoms. The van der Waals surface area contributed by atoms with E-state index in [0.717, 1.165) is 17.5 Å². The normalized spacial score (nSPS) is 16.7. The maximum absolute atomic E-state index is 13.2. The molecule has 1 N–H and O–H groups in total. The molecule has 4 rings (SSSR count). The third-order valence-corrected chi connectivity index (χ3v) is 8.40. The summed E-state index contributed by atoms with van der Waals surface area (Å²) >= 11 is 0. The Kier molecular flexibility index (Phi) is 6.81. The summed E-state index contributed by atoms with van der Waals surface area (Å²) in [5, 5.41) is 11.3. The van der Waals surface area contributed by atoms with Crippen LogP contribution in [0, 0.1) is 12.8 Å². The van der Waals surface area contributed by atoms with Gasteiger partial charge in [0.05, 0.1) is 16.5 Å². The zero-order valence-corrected chi connectivity index (χ0v) is 20.2. The molecule has 1 fully saturated rings. The lowest BCUT2D eigenvalue weighted by molar-refractivity contribution is -0.126. The summed E-state index contributed by atoms with van der Waals surface area (Å²) < 4.78 is 29.7. The molecule has 0 radical (unpaired) electrons. The molecule has 1 amide bonds. The van der Waals surface area contributed by atoms with Crippen LogP contribution in [0.1, 0.15) is 50.3 Å². The van der Waals surface area contributed by atoms with Crippen molar-refractivity contribution in [2.45, 2.75) is 57.5 Å². The quantitative estimate of drug-likeness (QED) is 0.572. The van der Waals surface area contributed by atoms with Crippen molar-refractivity contribution in [2.75, 3.05) is 13.1 Å². The van der Waals surface area contributed by atoms with Gasteiger partial charge in [-0.05, 0) is 56.9 Å². The van der Waals surface area contributed by atoms with E-state index >= 15 is 0 Å². The Hall–Kier alpha value is -2.78. The number of aryl methyl sites for hydroxylation is 1. The average Bonchev–Trinajstić information content (AvgIpc) is 3.26. The minimum atomic E-state index is -3.65. The maximum Gasteiger partial charge on any atom is 0.243 e. The van der Waals surface area contributed by atoms with Crippen LogP contribution in [0.4, 0.5) is 0 Å². The van der Waals surface area contributed by atoms with Crippen LogP contribution in [0.25, 0.3) is 11.0 Å². The summed E-state index contributed by atoms with van der Waals surface area (Å²) in [6, 6.07) is 13.2. The molecule has 176 valence electrons. The van der Waals surface area contributed by atoms with E-state index in [1.165, 1.54) is 9.87 Å². The molecule has 2 aromatic carbocycles. The van der Waals surface area contributed by atoms with Crippen molar-refractivity contribution in [3.8, 4) is 0 Å². The first-order chi connectivity index (χ1) is 15.8. The molecule has 0 aliphatic carbocycles. The van der Waals surface area contributed by atoms with Crippen LogP contribution in [0.15, 0.2) is 47.4 Å². The van der Waals surface area contributed by atoms with Gasteiger partial charge >= 0.3 is 0 Å². The minimum absolute atomic E-state index is 0.0179. The van der Waals surface area contributed by atoms with E-state index in [0.29, 0.717) is 38.0 Å². The van der Waals surface area contributed by atoms with Crippen LogP contribution in [-0.2, 0) is 21.4 Å². The van der Waals surface area contributed by atoms with Gasteiger partial charge in [-0.3, -0.25) is 4.79 Å². The number of nitrogens with one attached hydrogen (secondary N) is 1. The van der Waals surface area contributed by atoms with Crippen LogP contribution in [0.3, 0.4) is 0 Å². The lowest BCUT2D eigenvalue weighted by Gasteiger charge is -2.30. The molecule has 2 heterocycles. The van der Waals surface area contributed by atoms with Crippen LogP contribution >= 0.6 is 0 Å². The van der Waals surface area contributed by atoms with Crippen molar-refractivity contribution in [3.05, 3.63) is 53.6 Å². The van der Waals surface area contributed by atoms with Crippen molar-refractivity contribution in [1.82, 2.24) is 24.6 Å². The van der Waals surface area contributed by atoms with Gasteiger partial charge in [0, 0.05) is 25.6 Å². The van der Waals surface area contributed by atoms with E-state index in [4.69, 9.17) is 0 Å². The third kappa shape index (κ3) is 4.94. The van der Waals surface area contributed by atoms with E-state index in [-0.39, 0.29) is 22.8 Å². The minimum Gasteiger partial charge on any atom is -0.352 e. The number of piperidine rings is 1. The van der Waals surface area contributed by atoms with Gasteiger partial charge in [0.2, 0.25) is 15.9 Å². The Morgan fingerprint density at radius 1 is 1.15 bits per heavy atom. The predicted octanol–water partition coefficient (Wildman–Crippen LogP) is 3.43. The molecule has 8 nitrogen and oxygen atoms in total. The number of benzene rings is 2. The highest BCUT2D eigenvalue weighted by Gasteiger charge is 2.32. The highest BCUT2D eigenvalue weighted by atomic mass is 32.2. The van der Waals surface area contributed by atoms with Crippen LogP contribution in [0.2, 0.25) is 0 Å². The lowest BCUT2D eigenvalue weighted by Crippen LogP contribution is -2.42. The number of carbonyl (C=O) groups is 1. The molecule has 1 atom stereocenters. The Bertz CT molecular complexity index is 1230. The number of carbonyl (C=O) groups excluding carboxylic acids is 1. The molecule has 1 aliphatic rings. The van der Waals surface area contributed by atoms with Crippen molar-refractivity contribution in [2.24, 2.45) is 5.92 Å². The van der Waals surface area contributed by atoms with E-state index in [1.807, 2.05) is 35.9 Å². The van der Waals surface area contributed by atoms with Crippen molar-refractivity contribution in [1.29, 1.82) is 0 Å². The van der Waals surface area contributed by atoms with Crippen LogP contribution < -0.4 is 5.32 Å². The maximum atomic E-state index is 13.2. The second-order valence-electron chi connectivity index (χ2n) is 8.82. The van der Waals surface area contributed by atoms with Gasteiger partial charge in [-0.1, -0.05) is 42.0 Å². The predicted molar refractivity (Wildman–Crippen MR) is 127 cm³/mol. The first-order valence-corrected chi connectivity index (χ1v) is 12.9. The Balaban J connectivity index is 1.38. The van der Waals surface area contributed by atoms with Crippen molar-refractivity contribution >= 4 is 27.0 Å². The molecular formula is C24H31N5O3S. The molecule has 9 heteroatoms. The Morgan fingerprint density at radius 2 is 1.85 bits per heavy atom. The van der Waals surface area contributed by atoms with Gasteiger partial charge in [0.1, 0.15) is 5.52 Å². The van der Waals surface area contributed by atoms with Gasteiger partial charge < -0.3 is 5.32 Å². The van der Waals surface area contributed by atoms with Gasteiger partial charge in [0.25, 0.3) is 0 Å². The summed E-state index contributed by atoms with van der Waals surface area (Å²) in [6.45, 7) is 7.28. The van der Waals surface area contributed by atoms with Crippen LogP contribution in [-0.4, -0.2) is 46.7 Å². The number of rotatable bonds is 7. The topological polar surface area (TPSA) is 97.2 Å². The van der Waals surface area contributed by atoms with Gasteiger partial charge in [-0.15, -0.1) is 5.10 Å². The zero-order valence-electron chi connectivity index (χ0n) is 19.4.